The summed E-state index contributed by atoms with van der Waals surface area (Å²) in [5.41, 5.74) is 4.82. The summed E-state index contributed by atoms with van der Waals surface area (Å²) in [6.07, 6.45) is -0.205. The van der Waals surface area contributed by atoms with E-state index in [-0.39, 0.29) is 6.10 Å². The van der Waals surface area contributed by atoms with Crippen molar-refractivity contribution in [3.8, 4) is 0 Å². The topological polar surface area (TPSA) is 9.23 Å². The third-order valence-corrected chi connectivity index (χ3v) is 10.6. The first-order valence-corrected chi connectivity index (χ1v) is 14.1. The van der Waals surface area contributed by atoms with Crippen molar-refractivity contribution in [1.29, 1.82) is 0 Å². The Morgan fingerprint density at radius 2 is 0.743 bits per heavy atom. The number of hydrogen-bond donors (Lipinski definition) is 0. The molecule has 0 radical (unpaired) electrons. The van der Waals surface area contributed by atoms with Crippen molar-refractivity contribution in [3.63, 3.8) is 0 Å². The fraction of sp³-hybridized carbons (Fsp3) is 0.0909. The van der Waals surface area contributed by atoms with Crippen molar-refractivity contribution in [3.05, 3.63) is 162 Å². The first-order valence-electron chi connectivity index (χ1n) is 12.1. The van der Waals surface area contributed by atoms with E-state index in [1.165, 1.54) is 37.8 Å². The molecule has 0 aliphatic heterocycles. The summed E-state index contributed by atoms with van der Waals surface area (Å²) < 4.78 is 7.59. The molecule has 0 aliphatic carbocycles. The maximum absolute atomic E-state index is 7.59. The lowest BCUT2D eigenvalue weighted by molar-refractivity contribution is 0.250. The minimum atomic E-state index is -2.88. The maximum atomic E-state index is 7.59. The number of hydrogen-bond acceptors (Lipinski definition) is 1. The Balaban J connectivity index is 1.77. The molecule has 5 aromatic carbocycles. The molecule has 2 heteroatoms. The molecular formula is C33H30OSi. The van der Waals surface area contributed by atoms with Crippen LogP contribution in [0.1, 0.15) is 28.4 Å². The quantitative estimate of drug-likeness (QED) is 0.207. The van der Waals surface area contributed by atoms with Crippen LogP contribution in [0.3, 0.4) is 0 Å². The van der Waals surface area contributed by atoms with Crippen LogP contribution < -0.4 is 15.6 Å². The van der Waals surface area contributed by atoms with Crippen LogP contribution in [0.5, 0.6) is 0 Å². The first kappa shape index (κ1) is 23.0. The Kier molecular flexibility index (Phi) is 6.76. The smallest absolute Gasteiger partial charge is 0.289 e. The van der Waals surface area contributed by atoms with E-state index in [4.69, 9.17) is 4.43 Å². The second-order valence-corrected chi connectivity index (χ2v) is 12.4. The van der Waals surface area contributed by atoms with Crippen LogP contribution in [-0.2, 0) is 4.43 Å². The molecule has 5 rings (SSSR count). The number of rotatable bonds is 7. The molecule has 0 spiro atoms. The Morgan fingerprint density at radius 3 is 1.06 bits per heavy atom. The van der Waals surface area contributed by atoms with Gasteiger partial charge in [-0.25, -0.2) is 0 Å². The molecule has 0 unspecified atom stereocenters. The molecule has 35 heavy (non-hydrogen) atoms. The standard InChI is InChI=1S/C33H30OSi/c1-26-18-22-28(23-19-26)33(29-24-20-27(2)21-25-29)34-35(30-12-6-3-7-13-30,31-14-8-4-9-15-31)32-16-10-5-11-17-32/h3-25,33H,1-2H3. The minimum absolute atomic E-state index is 0.205. The fourth-order valence-electron chi connectivity index (χ4n) is 4.71. The minimum Gasteiger partial charge on any atom is -0.393 e. The zero-order valence-corrected chi connectivity index (χ0v) is 21.3. The van der Waals surface area contributed by atoms with Crippen LogP contribution in [-0.4, -0.2) is 8.32 Å². The van der Waals surface area contributed by atoms with E-state index < -0.39 is 8.32 Å². The van der Waals surface area contributed by atoms with E-state index in [0.29, 0.717) is 0 Å². The van der Waals surface area contributed by atoms with Gasteiger partial charge in [0.15, 0.2) is 0 Å². The van der Waals surface area contributed by atoms with Gasteiger partial charge in [0.25, 0.3) is 8.32 Å². The van der Waals surface area contributed by atoms with Gasteiger partial charge in [0, 0.05) is 0 Å². The predicted octanol–water partition coefficient (Wildman–Crippen LogP) is 6.08. The Labute approximate surface area is 209 Å². The largest absolute Gasteiger partial charge is 0.393 e. The van der Waals surface area contributed by atoms with Gasteiger partial charge in [0.05, 0.1) is 6.10 Å². The van der Waals surface area contributed by atoms with Crippen LogP contribution in [0.2, 0.25) is 0 Å². The maximum Gasteiger partial charge on any atom is 0.289 e. The zero-order valence-electron chi connectivity index (χ0n) is 20.3. The molecule has 0 heterocycles. The molecule has 0 atom stereocenters. The summed E-state index contributed by atoms with van der Waals surface area (Å²) in [5.74, 6) is 0. The SMILES string of the molecule is Cc1ccc(C(O[Si](c2ccccc2)(c2ccccc2)c2ccccc2)c2ccc(C)cc2)cc1. The summed E-state index contributed by atoms with van der Waals surface area (Å²) in [4.78, 5) is 0. The third-order valence-electron chi connectivity index (χ3n) is 6.60. The van der Waals surface area contributed by atoms with E-state index in [2.05, 4.69) is 153 Å². The van der Waals surface area contributed by atoms with Gasteiger partial charge in [-0.3, -0.25) is 0 Å². The van der Waals surface area contributed by atoms with E-state index in [9.17, 15) is 0 Å². The lowest BCUT2D eigenvalue weighted by Gasteiger charge is -2.37. The van der Waals surface area contributed by atoms with Gasteiger partial charge in [0.2, 0.25) is 0 Å². The molecule has 1 nitrogen and oxygen atoms in total. The van der Waals surface area contributed by atoms with Gasteiger partial charge in [-0.05, 0) is 40.5 Å². The molecule has 0 saturated heterocycles. The summed E-state index contributed by atoms with van der Waals surface area (Å²) in [6.45, 7) is 4.25. The zero-order chi connectivity index (χ0) is 24.1. The predicted molar refractivity (Wildman–Crippen MR) is 149 cm³/mol. The molecule has 0 amide bonds. The molecule has 0 bridgehead atoms. The van der Waals surface area contributed by atoms with Crippen molar-refractivity contribution in [2.45, 2.75) is 20.0 Å². The number of benzene rings is 5. The fourth-order valence-corrected chi connectivity index (χ4v) is 8.73. The van der Waals surface area contributed by atoms with Crippen molar-refractivity contribution in [1.82, 2.24) is 0 Å². The summed E-state index contributed by atoms with van der Waals surface area (Å²) in [6, 6.07) is 49.9. The van der Waals surface area contributed by atoms with Crippen molar-refractivity contribution >= 4 is 23.9 Å². The Bertz CT molecular complexity index is 1200. The van der Waals surface area contributed by atoms with Crippen LogP contribution in [0.25, 0.3) is 0 Å². The highest BCUT2D eigenvalue weighted by Crippen LogP contribution is 2.30. The van der Waals surface area contributed by atoms with Crippen molar-refractivity contribution in [2.24, 2.45) is 0 Å². The van der Waals surface area contributed by atoms with E-state index >= 15 is 0 Å². The summed E-state index contributed by atoms with van der Waals surface area (Å²) >= 11 is 0. The summed E-state index contributed by atoms with van der Waals surface area (Å²) in [7, 11) is -2.88. The second kappa shape index (κ2) is 10.3. The number of aryl methyl sites for hydroxylation is 2. The highest BCUT2D eigenvalue weighted by molar-refractivity contribution is 7.07. The molecule has 0 saturated carbocycles. The van der Waals surface area contributed by atoms with Gasteiger partial charge in [-0.2, -0.15) is 0 Å². The first-order chi connectivity index (χ1) is 17.2. The van der Waals surface area contributed by atoms with Gasteiger partial charge >= 0.3 is 0 Å². The van der Waals surface area contributed by atoms with Crippen LogP contribution in [0.15, 0.2) is 140 Å². The normalized spacial score (nSPS) is 11.5. The lowest BCUT2D eigenvalue weighted by atomic mass is 10.00. The van der Waals surface area contributed by atoms with Crippen LogP contribution in [0, 0.1) is 13.8 Å². The van der Waals surface area contributed by atoms with Gasteiger partial charge in [0.1, 0.15) is 0 Å². The molecule has 0 N–H and O–H groups in total. The Hall–Kier alpha value is -3.72. The van der Waals surface area contributed by atoms with Crippen molar-refractivity contribution in [2.75, 3.05) is 0 Å². The second-order valence-electron chi connectivity index (χ2n) is 9.10. The van der Waals surface area contributed by atoms with Gasteiger partial charge in [-0.1, -0.05) is 151 Å². The van der Waals surface area contributed by atoms with Gasteiger partial charge < -0.3 is 4.43 Å². The molecule has 0 aliphatic rings. The Morgan fingerprint density at radius 1 is 0.429 bits per heavy atom. The third kappa shape index (κ3) is 4.77. The van der Waals surface area contributed by atoms with Crippen LogP contribution in [0.4, 0.5) is 0 Å². The van der Waals surface area contributed by atoms with E-state index in [1.54, 1.807) is 0 Å². The van der Waals surface area contributed by atoms with Crippen molar-refractivity contribution < 1.29 is 4.43 Å². The molecule has 0 aromatic heterocycles. The van der Waals surface area contributed by atoms with E-state index in [1.807, 2.05) is 0 Å². The molecule has 5 aromatic rings. The monoisotopic (exact) mass is 470 g/mol. The van der Waals surface area contributed by atoms with Crippen LogP contribution >= 0.6 is 0 Å². The average molecular weight is 471 g/mol. The molecular weight excluding hydrogens is 440 g/mol. The highest BCUT2D eigenvalue weighted by Gasteiger charge is 2.44. The molecule has 0 fully saturated rings. The lowest BCUT2D eigenvalue weighted by Crippen LogP contribution is -2.69. The summed E-state index contributed by atoms with van der Waals surface area (Å²) in [5, 5.41) is 3.71. The van der Waals surface area contributed by atoms with Gasteiger partial charge in [-0.15, -0.1) is 0 Å². The average Bonchev–Trinajstić information content (AvgIpc) is 2.92. The molecule has 172 valence electrons. The highest BCUT2D eigenvalue weighted by atomic mass is 28.4. The van der Waals surface area contributed by atoms with E-state index in [0.717, 1.165) is 0 Å².